The molecule has 2 heterocycles. The Morgan fingerprint density at radius 1 is 1.00 bits per heavy atom. The van der Waals surface area contributed by atoms with E-state index in [1.54, 1.807) is 0 Å². The number of piperidine rings is 1. The molecule has 4 nitrogen and oxygen atoms in total. The Hall–Kier alpha value is -1.91. The van der Waals surface area contributed by atoms with E-state index in [2.05, 4.69) is 57.6 Å². The van der Waals surface area contributed by atoms with Crippen molar-refractivity contribution >= 4 is 16.7 Å². The summed E-state index contributed by atoms with van der Waals surface area (Å²) in [5.41, 5.74) is 1.74. The quantitative estimate of drug-likeness (QED) is 0.911. The highest BCUT2D eigenvalue weighted by atomic mass is 16.2. The number of hydrogen-bond acceptors (Lipinski definition) is 3. The molecule has 4 heteroatoms. The normalized spacial score (nSPS) is 25.0. The zero-order valence-electron chi connectivity index (χ0n) is 16.0. The van der Waals surface area contributed by atoms with E-state index in [1.807, 2.05) is 0 Å². The molecule has 1 atom stereocenters. The zero-order chi connectivity index (χ0) is 18.3. The van der Waals surface area contributed by atoms with E-state index in [-0.39, 0.29) is 0 Å². The highest BCUT2D eigenvalue weighted by Crippen LogP contribution is 2.59. The van der Waals surface area contributed by atoms with Gasteiger partial charge in [-0.3, -0.25) is 9.69 Å². The number of hydrogen-bond donors (Lipinski definition) is 1. The molecule has 2 saturated heterocycles. The number of nitrogens with one attached hydrogen (secondary N) is 1. The number of nitrogens with zero attached hydrogens (tertiary/aromatic N) is 2. The van der Waals surface area contributed by atoms with E-state index < -0.39 is 0 Å². The summed E-state index contributed by atoms with van der Waals surface area (Å²) in [7, 11) is 0. The zero-order valence-corrected chi connectivity index (χ0v) is 16.0. The van der Waals surface area contributed by atoms with Gasteiger partial charge in [0.05, 0.1) is 0 Å². The third-order valence-electron chi connectivity index (χ3n) is 7.05. The van der Waals surface area contributed by atoms with Gasteiger partial charge >= 0.3 is 0 Å². The second kappa shape index (κ2) is 6.92. The van der Waals surface area contributed by atoms with Crippen molar-refractivity contribution in [2.45, 2.75) is 25.8 Å². The summed E-state index contributed by atoms with van der Waals surface area (Å²) in [6.07, 6.45) is 3.50. The van der Waals surface area contributed by atoms with Gasteiger partial charge in [0.2, 0.25) is 5.91 Å². The maximum Gasteiger partial charge on any atom is 0.226 e. The highest BCUT2D eigenvalue weighted by Gasteiger charge is 2.58. The first kappa shape index (κ1) is 17.2. The molecule has 0 bridgehead atoms. The summed E-state index contributed by atoms with van der Waals surface area (Å²) in [6.45, 7) is 6.88. The summed E-state index contributed by atoms with van der Waals surface area (Å²) in [6, 6.07) is 15.2. The van der Waals surface area contributed by atoms with Crippen LogP contribution in [0.4, 0.5) is 0 Å². The summed E-state index contributed by atoms with van der Waals surface area (Å²) >= 11 is 0. The smallest absolute Gasteiger partial charge is 0.226 e. The highest BCUT2D eigenvalue weighted by molar-refractivity contribution is 5.85. The first-order chi connectivity index (χ1) is 13.3. The number of benzene rings is 2. The molecule has 2 aromatic carbocycles. The van der Waals surface area contributed by atoms with Crippen LogP contribution in [0.1, 0.15) is 24.8 Å². The van der Waals surface area contributed by atoms with Crippen LogP contribution >= 0.6 is 0 Å². The van der Waals surface area contributed by atoms with Crippen LogP contribution in [0, 0.1) is 11.3 Å². The Morgan fingerprint density at radius 2 is 1.74 bits per heavy atom. The maximum absolute atomic E-state index is 13.0. The van der Waals surface area contributed by atoms with Gasteiger partial charge in [0.15, 0.2) is 0 Å². The lowest BCUT2D eigenvalue weighted by molar-refractivity contribution is -0.135. The van der Waals surface area contributed by atoms with Crippen molar-refractivity contribution in [2.24, 2.45) is 11.3 Å². The van der Waals surface area contributed by atoms with Crippen LogP contribution in [-0.4, -0.2) is 55.0 Å². The van der Waals surface area contributed by atoms with Crippen molar-refractivity contribution in [1.82, 2.24) is 15.1 Å². The molecule has 1 amide bonds. The van der Waals surface area contributed by atoms with E-state index >= 15 is 0 Å². The van der Waals surface area contributed by atoms with E-state index in [1.165, 1.54) is 29.2 Å². The van der Waals surface area contributed by atoms with Crippen LogP contribution in [-0.2, 0) is 11.3 Å². The lowest BCUT2D eigenvalue weighted by Gasteiger charge is -2.35. The number of rotatable bonds is 3. The second-order valence-electron chi connectivity index (χ2n) is 8.61. The molecular formula is C23H29N3O. The van der Waals surface area contributed by atoms with Gasteiger partial charge in [-0.15, -0.1) is 0 Å². The van der Waals surface area contributed by atoms with Crippen molar-refractivity contribution in [3.8, 4) is 0 Å². The van der Waals surface area contributed by atoms with Crippen LogP contribution < -0.4 is 5.32 Å². The van der Waals surface area contributed by atoms with Crippen LogP contribution in [0.5, 0.6) is 0 Å². The molecular weight excluding hydrogens is 334 g/mol. The van der Waals surface area contributed by atoms with Crippen molar-refractivity contribution in [3.05, 3.63) is 48.0 Å². The fourth-order valence-corrected chi connectivity index (χ4v) is 5.19. The van der Waals surface area contributed by atoms with E-state index in [4.69, 9.17) is 0 Å². The van der Waals surface area contributed by atoms with Crippen LogP contribution in [0.3, 0.4) is 0 Å². The topological polar surface area (TPSA) is 35.6 Å². The van der Waals surface area contributed by atoms with Gasteiger partial charge in [0.25, 0.3) is 0 Å². The molecule has 1 aliphatic carbocycles. The average molecular weight is 364 g/mol. The fraction of sp³-hybridized carbons (Fsp3) is 0.522. The Morgan fingerprint density at radius 3 is 2.56 bits per heavy atom. The van der Waals surface area contributed by atoms with Crippen LogP contribution in [0.2, 0.25) is 0 Å². The number of carbonyl (C=O) groups excluding carboxylic acids is 1. The molecule has 3 aliphatic rings. The standard InChI is InChI=1S/C23H29N3O/c27-22(21-16-23(21)8-10-24-11-9-23)26-14-12-25(13-15-26)17-19-6-3-5-18-4-1-2-7-20(18)19/h1-7,21,24H,8-17H2. The Bertz CT molecular complexity index is 829. The minimum absolute atomic E-state index is 0.309. The second-order valence-corrected chi connectivity index (χ2v) is 8.61. The third-order valence-corrected chi connectivity index (χ3v) is 7.05. The Balaban J connectivity index is 1.19. The van der Waals surface area contributed by atoms with E-state index in [0.717, 1.165) is 52.2 Å². The molecule has 1 saturated carbocycles. The molecule has 0 aromatic heterocycles. The molecule has 27 heavy (non-hydrogen) atoms. The van der Waals surface area contributed by atoms with Gasteiger partial charge in [0, 0.05) is 38.6 Å². The predicted molar refractivity (Wildman–Crippen MR) is 108 cm³/mol. The molecule has 3 fully saturated rings. The number of carbonyl (C=O) groups is 1. The van der Waals surface area contributed by atoms with Gasteiger partial charge in [-0.05, 0) is 54.1 Å². The van der Waals surface area contributed by atoms with Gasteiger partial charge < -0.3 is 10.2 Å². The monoisotopic (exact) mass is 363 g/mol. The SMILES string of the molecule is O=C(C1CC12CCNCC2)N1CCN(Cc2cccc3ccccc23)CC1. The maximum atomic E-state index is 13.0. The van der Waals surface area contributed by atoms with Gasteiger partial charge in [-0.1, -0.05) is 42.5 Å². The fourth-order valence-electron chi connectivity index (χ4n) is 5.19. The average Bonchev–Trinajstić information content (AvgIpc) is 3.41. The lowest BCUT2D eigenvalue weighted by Crippen LogP contribution is -2.49. The predicted octanol–water partition coefficient (Wildman–Crippen LogP) is 2.87. The van der Waals surface area contributed by atoms with Gasteiger partial charge in [-0.2, -0.15) is 0 Å². The van der Waals surface area contributed by atoms with E-state index in [9.17, 15) is 4.79 Å². The molecule has 1 spiro atoms. The molecule has 2 aromatic rings. The minimum Gasteiger partial charge on any atom is -0.340 e. The Labute approximate surface area is 161 Å². The molecule has 2 aliphatic heterocycles. The lowest BCUT2D eigenvalue weighted by atomic mass is 9.91. The molecule has 0 radical (unpaired) electrons. The van der Waals surface area contributed by atoms with E-state index in [0.29, 0.717) is 17.2 Å². The number of piperazine rings is 1. The summed E-state index contributed by atoms with van der Waals surface area (Å²) in [5, 5.41) is 6.09. The minimum atomic E-state index is 0.309. The van der Waals surface area contributed by atoms with Crippen molar-refractivity contribution in [3.63, 3.8) is 0 Å². The molecule has 5 rings (SSSR count). The molecule has 1 N–H and O–H groups in total. The molecule has 142 valence electrons. The summed E-state index contributed by atoms with van der Waals surface area (Å²) in [4.78, 5) is 17.6. The van der Waals surface area contributed by atoms with Crippen LogP contribution in [0.25, 0.3) is 10.8 Å². The van der Waals surface area contributed by atoms with Crippen molar-refractivity contribution in [1.29, 1.82) is 0 Å². The number of amides is 1. The molecule has 1 unspecified atom stereocenters. The van der Waals surface area contributed by atoms with Crippen LogP contribution in [0.15, 0.2) is 42.5 Å². The first-order valence-electron chi connectivity index (χ1n) is 10.4. The van der Waals surface area contributed by atoms with Crippen molar-refractivity contribution < 1.29 is 4.79 Å². The largest absolute Gasteiger partial charge is 0.340 e. The Kier molecular flexibility index (Phi) is 4.41. The first-order valence-corrected chi connectivity index (χ1v) is 10.4. The van der Waals surface area contributed by atoms with Gasteiger partial charge in [0.1, 0.15) is 0 Å². The summed E-state index contributed by atoms with van der Waals surface area (Å²) < 4.78 is 0. The van der Waals surface area contributed by atoms with Crippen molar-refractivity contribution in [2.75, 3.05) is 39.3 Å². The summed E-state index contributed by atoms with van der Waals surface area (Å²) in [5.74, 6) is 0.742. The third kappa shape index (κ3) is 3.26. The number of fused-ring (bicyclic) bond motifs is 1. The van der Waals surface area contributed by atoms with Gasteiger partial charge in [-0.25, -0.2) is 0 Å².